The van der Waals surface area contributed by atoms with Gasteiger partial charge in [0.1, 0.15) is 0 Å². The molecule has 0 radical (unpaired) electrons. The molecule has 0 aromatic heterocycles. The molecule has 0 aromatic carbocycles. The molecule has 2 rings (SSSR count). The van der Waals surface area contributed by atoms with E-state index >= 15 is 0 Å². The molecule has 2 N–H and O–H groups in total. The Bertz CT molecular complexity index is 154. The van der Waals surface area contributed by atoms with Gasteiger partial charge in [-0.25, -0.2) is 0 Å². The zero-order valence-electron chi connectivity index (χ0n) is 8.71. The van der Waals surface area contributed by atoms with Crippen LogP contribution in [0.2, 0.25) is 0 Å². The highest BCUT2D eigenvalue weighted by atomic mass is 32.1. The summed E-state index contributed by atoms with van der Waals surface area (Å²) in [7, 11) is 0. The van der Waals surface area contributed by atoms with Crippen LogP contribution in [0.3, 0.4) is 0 Å². The summed E-state index contributed by atoms with van der Waals surface area (Å²) in [6.07, 6.45) is 3.25. The van der Waals surface area contributed by atoms with Crippen LogP contribution in [0.4, 0.5) is 0 Å². The van der Waals surface area contributed by atoms with E-state index in [0.717, 1.165) is 31.8 Å². The van der Waals surface area contributed by atoms with Crippen molar-refractivity contribution in [2.45, 2.75) is 25.4 Å². The average Bonchev–Trinajstić information content (AvgIpc) is 2.62. The highest BCUT2D eigenvalue weighted by molar-refractivity contribution is 7.59. The van der Waals surface area contributed by atoms with Crippen LogP contribution in [-0.4, -0.2) is 48.8 Å². The van der Waals surface area contributed by atoms with E-state index in [-0.39, 0.29) is 19.6 Å². The lowest BCUT2D eigenvalue weighted by Crippen LogP contribution is -2.39. The molecule has 0 amide bonds. The number of aliphatic hydroxyl groups is 1. The highest BCUT2D eigenvalue weighted by Crippen LogP contribution is 2.14. The molecule has 14 heavy (non-hydrogen) atoms. The van der Waals surface area contributed by atoms with Gasteiger partial charge in [-0.15, -0.1) is 0 Å². The average molecular weight is 218 g/mol. The second kappa shape index (κ2) is 5.95. The van der Waals surface area contributed by atoms with Crippen molar-refractivity contribution in [1.29, 1.82) is 0 Å². The second-order valence-electron chi connectivity index (χ2n) is 4.39. The van der Waals surface area contributed by atoms with Crippen LogP contribution in [0.5, 0.6) is 0 Å². The highest BCUT2D eigenvalue weighted by Gasteiger charge is 2.21. The number of piperidine rings is 1. The van der Waals surface area contributed by atoms with Crippen molar-refractivity contribution in [3.8, 4) is 0 Å². The molecule has 2 heterocycles. The predicted octanol–water partition coefficient (Wildman–Crippen LogP) is 0.165. The molecule has 0 unspecified atom stereocenters. The number of nitrogens with zero attached hydrogens (tertiary/aromatic N) is 1. The minimum absolute atomic E-state index is 0. The number of nitrogens with one attached hydrogen (secondary N) is 1. The molecule has 2 fully saturated rings. The van der Waals surface area contributed by atoms with Gasteiger partial charge in [0, 0.05) is 19.6 Å². The quantitative estimate of drug-likeness (QED) is 0.693. The van der Waals surface area contributed by atoms with Crippen LogP contribution in [-0.2, 0) is 0 Å². The normalized spacial score (nSPS) is 30.2. The van der Waals surface area contributed by atoms with Crippen LogP contribution in [0.25, 0.3) is 0 Å². The maximum absolute atomic E-state index is 9.35. The molecule has 0 aliphatic carbocycles. The fourth-order valence-corrected chi connectivity index (χ4v) is 2.34. The Labute approximate surface area is 93.3 Å². The first-order chi connectivity index (χ1) is 6.34. The second-order valence-corrected chi connectivity index (χ2v) is 4.39. The minimum atomic E-state index is -0.0297. The summed E-state index contributed by atoms with van der Waals surface area (Å²) < 4.78 is 0. The maximum Gasteiger partial charge on any atom is 0.0564 e. The number of hydrogen-bond donors (Lipinski definition) is 2. The van der Waals surface area contributed by atoms with E-state index in [9.17, 15) is 5.11 Å². The summed E-state index contributed by atoms with van der Waals surface area (Å²) in [5.74, 6) is 0.857. The monoisotopic (exact) mass is 218 g/mol. The van der Waals surface area contributed by atoms with E-state index in [0.29, 0.717) is 0 Å². The zero-order valence-corrected chi connectivity index (χ0v) is 9.71. The number of rotatable bonds is 2. The molecule has 2 aliphatic rings. The first-order valence-electron chi connectivity index (χ1n) is 5.46. The van der Waals surface area contributed by atoms with Crippen molar-refractivity contribution in [1.82, 2.24) is 10.2 Å². The third-order valence-corrected chi connectivity index (χ3v) is 3.24. The Balaban J connectivity index is 0.000000980. The van der Waals surface area contributed by atoms with E-state index < -0.39 is 0 Å². The molecule has 2 aliphatic heterocycles. The molecule has 1 atom stereocenters. The number of aliphatic hydroxyl groups excluding tert-OH is 1. The van der Waals surface area contributed by atoms with Crippen molar-refractivity contribution in [2.75, 3.05) is 32.7 Å². The topological polar surface area (TPSA) is 35.5 Å². The largest absolute Gasteiger partial charge is 0.393 e. The summed E-state index contributed by atoms with van der Waals surface area (Å²) in [6.45, 7) is 5.81. The van der Waals surface area contributed by atoms with Crippen LogP contribution in [0.15, 0.2) is 0 Å². The smallest absolute Gasteiger partial charge is 0.0564 e. The van der Waals surface area contributed by atoms with Gasteiger partial charge in [0.05, 0.1) is 6.10 Å². The van der Waals surface area contributed by atoms with E-state index in [2.05, 4.69) is 10.2 Å². The van der Waals surface area contributed by atoms with Gasteiger partial charge < -0.3 is 15.3 Å². The lowest BCUT2D eigenvalue weighted by molar-refractivity contribution is 0.0761. The van der Waals surface area contributed by atoms with Crippen molar-refractivity contribution in [3.05, 3.63) is 0 Å². The Morgan fingerprint density at radius 3 is 2.50 bits per heavy atom. The van der Waals surface area contributed by atoms with Crippen LogP contribution < -0.4 is 5.32 Å². The van der Waals surface area contributed by atoms with E-state index in [1.807, 2.05) is 0 Å². The summed E-state index contributed by atoms with van der Waals surface area (Å²) in [4.78, 5) is 2.50. The van der Waals surface area contributed by atoms with E-state index in [1.165, 1.54) is 26.1 Å². The minimum Gasteiger partial charge on any atom is -0.393 e. The Morgan fingerprint density at radius 1 is 1.21 bits per heavy atom. The van der Waals surface area contributed by atoms with Gasteiger partial charge >= 0.3 is 0 Å². The maximum atomic E-state index is 9.35. The first kappa shape index (κ1) is 12.3. The SMILES string of the molecule is OC1CCN(C[C@H]2CCNC2)CC1.S. The van der Waals surface area contributed by atoms with Gasteiger partial charge in [-0.1, -0.05) is 0 Å². The van der Waals surface area contributed by atoms with Gasteiger partial charge in [-0.05, 0) is 38.3 Å². The summed E-state index contributed by atoms with van der Waals surface area (Å²) in [5, 5.41) is 12.7. The molecule has 84 valence electrons. The molecule has 0 saturated carbocycles. The van der Waals surface area contributed by atoms with Crippen molar-refractivity contribution in [2.24, 2.45) is 5.92 Å². The van der Waals surface area contributed by atoms with E-state index in [4.69, 9.17) is 0 Å². The van der Waals surface area contributed by atoms with Crippen LogP contribution in [0.1, 0.15) is 19.3 Å². The van der Waals surface area contributed by atoms with Crippen LogP contribution in [0, 0.1) is 5.92 Å². The Morgan fingerprint density at radius 2 is 1.93 bits per heavy atom. The Hall–Kier alpha value is 0.230. The fraction of sp³-hybridized carbons (Fsp3) is 1.00. The first-order valence-corrected chi connectivity index (χ1v) is 5.46. The molecule has 0 aromatic rings. The lowest BCUT2D eigenvalue weighted by atomic mass is 10.0. The standard InChI is InChI=1S/C10H20N2O.H2S/c13-10-2-5-12(6-3-10)8-9-1-4-11-7-9;/h9-11,13H,1-8H2;1H2/t9-;/m0./s1. The lowest BCUT2D eigenvalue weighted by Gasteiger charge is -2.31. The molecule has 0 bridgehead atoms. The summed E-state index contributed by atoms with van der Waals surface area (Å²) in [5.41, 5.74) is 0. The number of likely N-dealkylation sites (tertiary alicyclic amines) is 1. The number of hydrogen-bond acceptors (Lipinski definition) is 3. The fourth-order valence-electron chi connectivity index (χ4n) is 2.34. The van der Waals surface area contributed by atoms with Gasteiger partial charge in [-0.2, -0.15) is 13.5 Å². The molecule has 3 nitrogen and oxygen atoms in total. The Kier molecular flexibility index (Phi) is 5.23. The van der Waals surface area contributed by atoms with Gasteiger partial charge in [0.25, 0.3) is 0 Å². The summed E-state index contributed by atoms with van der Waals surface area (Å²) in [6, 6.07) is 0. The molecule has 2 saturated heterocycles. The molecule has 4 heteroatoms. The van der Waals surface area contributed by atoms with Crippen molar-refractivity contribution in [3.63, 3.8) is 0 Å². The molecular weight excluding hydrogens is 196 g/mol. The van der Waals surface area contributed by atoms with Gasteiger partial charge in [0.2, 0.25) is 0 Å². The molecule has 0 spiro atoms. The van der Waals surface area contributed by atoms with Crippen molar-refractivity contribution < 1.29 is 5.11 Å². The van der Waals surface area contributed by atoms with Crippen LogP contribution >= 0.6 is 13.5 Å². The molecular formula is C10H22N2OS. The zero-order chi connectivity index (χ0) is 9.10. The third kappa shape index (κ3) is 3.42. The summed E-state index contributed by atoms with van der Waals surface area (Å²) >= 11 is 0. The van der Waals surface area contributed by atoms with E-state index in [1.54, 1.807) is 0 Å². The van der Waals surface area contributed by atoms with Gasteiger partial charge in [-0.3, -0.25) is 0 Å². The van der Waals surface area contributed by atoms with Crippen molar-refractivity contribution >= 4 is 13.5 Å². The predicted molar refractivity (Wildman–Crippen MR) is 63.0 cm³/mol. The van der Waals surface area contributed by atoms with Gasteiger partial charge in [0.15, 0.2) is 0 Å². The third-order valence-electron chi connectivity index (χ3n) is 3.24.